The lowest BCUT2D eigenvalue weighted by atomic mass is 11.0. The first-order chi connectivity index (χ1) is 6.00. The molecule has 108 valence electrons. The summed E-state index contributed by atoms with van der Waals surface area (Å²) in [6.07, 6.45) is 0. The lowest BCUT2D eigenvalue weighted by molar-refractivity contribution is 1.50. The van der Waals surface area contributed by atoms with Gasteiger partial charge >= 0.3 is 0 Å². The van der Waals surface area contributed by atoms with Crippen molar-refractivity contribution in [3.8, 4) is 0 Å². The van der Waals surface area contributed by atoms with Gasteiger partial charge in [0, 0.05) is 0 Å². The van der Waals surface area contributed by atoms with Gasteiger partial charge < -0.3 is 0 Å². The summed E-state index contributed by atoms with van der Waals surface area (Å²) in [5.41, 5.74) is 0. The van der Waals surface area contributed by atoms with Crippen LogP contribution in [0.1, 0.15) is 105 Å². The second-order valence-corrected chi connectivity index (χ2v) is 0. The highest BCUT2D eigenvalue weighted by Crippen LogP contribution is 1.15. The maximum Gasteiger partial charge on any atom is -0.0683 e. The number of hydrogen-bond donors (Lipinski definition) is 0. The van der Waals surface area contributed by atoms with Gasteiger partial charge in [0.05, 0.1) is 0 Å². The molecule has 0 saturated heterocycles. The Balaban J connectivity index is -0.00000000396. The topological polar surface area (TPSA) is 0 Å². The molecule has 0 heteroatoms. The summed E-state index contributed by atoms with van der Waals surface area (Å²) in [6, 6.07) is 0. The van der Waals surface area contributed by atoms with Crippen molar-refractivity contribution in [2.75, 3.05) is 0 Å². The summed E-state index contributed by atoms with van der Waals surface area (Å²) in [6.45, 7) is 24.0. The van der Waals surface area contributed by atoms with Crippen molar-refractivity contribution in [3.63, 3.8) is 0 Å². The Bertz CT molecular complexity index is 0. The van der Waals surface area contributed by atoms with Crippen LogP contribution in [0.5, 0.6) is 0 Å². The van der Waals surface area contributed by atoms with E-state index >= 15 is 0 Å². The van der Waals surface area contributed by atoms with Crippen molar-refractivity contribution in [3.05, 3.63) is 0 Å². The molecule has 0 aliphatic carbocycles. The lowest BCUT2D eigenvalue weighted by Crippen LogP contribution is -0.856. The Hall–Kier alpha value is 0. The van der Waals surface area contributed by atoms with Crippen LogP contribution in [-0.4, -0.2) is 0 Å². The SMILES string of the molecule is C.C.C.CC.CC.CC.CC.CC.CC. The quantitative estimate of drug-likeness (QED) is 0.393. The van der Waals surface area contributed by atoms with Gasteiger partial charge in [-0.1, -0.05) is 105 Å². The lowest BCUT2D eigenvalue weighted by Gasteiger charge is -1.07. The van der Waals surface area contributed by atoms with Crippen LogP contribution in [0.25, 0.3) is 0 Å². The molecule has 0 nitrogen and oxygen atoms in total. The van der Waals surface area contributed by atoms with Gasteiger partial charge in [0.1, 0.15) is 0 Å². The number of hydrogen-bond acceptors (Lipinski definition) is 0. The van der Waals surface area contributed by atoms with E-state index in [1.807, 2.05) is 83.1 Å². The van der Waals surface area contributed by atoms with E-state index in [9.17, 15) is 0 Å². The van der Waals surface area contributed by atoms with E-state index in [4.69, 9.17) is 0 Å². The number of rotatable bonds is 0. The second kappa shape index (κ2) is 0. The predicted octanol–water partition coefficient (Wildman–Crippen LogP) is 8.07. The van der Waals surface area contributed by atoms with E-state index in [-0.39, 0.29) is 22.3 Å². The Labute approximate surface area is 106 Å². The minimum absolute atomic E-state index is 0. The highest BCUT2D eigenvalue weighted by molar-refractivity contribution is 3.51. The summed E-state index contributed by atoms with van der Waals surface area (Å²) >= 11 is 0. The molecule has 0 rings (SSSR count). The smallest absolute Gasteiger partial charge is 0.0683 e. The first-order valence-electron chi connectivity index (χ1n) is 6.00. The first-order valence-corrected chi connectivity index (χ1v) is 6.00. The molecule has 0 fully saturated rings. The van der Waals surface area contributed by atoms with E-state index in [1.165, 1.54) is 0 Å². The molecule has 15 heavy (non-hydrogen) atoms. The third-order valence-electron chi connectivity index (χ3n) is 0. The predicted molar refractivity (Wildman–Crippen MR) is 88.3 cm³/mol. The van der Waals surface area contributed by atoms with Crippen LogP contribution in [0.3, 0.4) is 0 Å². The molecule has 0 aromatic rings. The van der Waals surface area contributed by atoms with E-state index < -0.39 is 0 Å². The van der Waals surface area contributed by atoms with Crippen molar-refractivity contribution >= 4 is 0 Å². The normalized spacial score (nSPS) is 2.40. The highest BCUT2D eigenvalue weighted by atomic mass is 13.0. The third kappa shape index (κ3) is 0. The van der Waals surface area contributed by atoms with Gasteiger partial charge in [-0.3, -0.25) is 0 Å². The van der Waals surface area contributed by atoms with Crippen LogP contribution in [-0.2, 0) is 0 Å². The maximum absolute atomic E-state index is 2.00. The molecule has 0 amide bonds. The molecule has 0 aliphatic heterocycles. The second-order valence-electron chi connectivity index (χ2n) is 0. The molecule has 0 bridgehead atoms. The zero-order valence-corrected chi connectivity index (χ0v) is 12.0. The van der Waals surface area contributed by atoms with Crippen molar-refractivity contribution in [1.82, 2.24) is 0 Å². The van der Waals surface area contributed by atoms with Gasteiger partial charge in [-0.15, -0.1) is 0 Å². The molecule has 0 unspecified atom stereocenters. The summed E-state index contributed by atoms with van der Waals surface area (Å²) in [4.78, 5) is 0. The molecule has 0 radical (unpaired) electrons. The fourth-order valence-corrected chi connectivity index (χ4v) is 0. The Morgan fingerprint density at radius 2 is 0.200 bits per heavy atom. The molecule has 0 aliphatic rings. The van der Waals surface area contributed by atoms with Crippen molar-refractivity contribution in [1.29, 1.82) is 0 Å². The van der Waals surface area contributed by atoms with E-state index in [2.05, 4.69) is 0 Å². The van der Waals surface area contributed by atoms with Crippen LogP contribution in [0.2, 0.25) is 0 Å². The van der Waals surface area contributed by atoms with E-state index in [0.717, 1.165) is 0 Å². The molecule has 0 aromatic carbocycles. The molecule has 0 N–H and O–H groups in total. The molecular formula is C15H48. The van der Waals surface area contributed by atoms with Gasteiger partial charge in [-0.2, -0.15) is 0 Å². The largest absolute Gasteiger partial charge is 0.0776 e. The van der Waals surface area contributed by atoms with Gasteiger partial charge in [-0.05, 0) is 0 Å². The monoisotopic (exact) mass is 228 g/mol. The Kier molecular flexibility index (Phi) is 0. The van der Waals surface area contributed by atoms with Crippen LogP contribution < -0.4 is 0 Å². The molecule has 0 saturated carbocycles. The fraction of sp³-hybridized carbons (Fsp3) is 1.00. The van der Waals surface area contributed by atoms with Crippen LogP contribution >= 0.6 is 0 Å². The van der Waals surface area contributed by atoms with Crippen LogP contribution in [0, 0.1) is 0 Å². The zero-order valence-electron chi connectivity index (χ0n) is 12.0. The van der Waals surface area contributed by atoms with Crippen molar-refractivity contribution < 1.29 is 0 Å². The third-order valence-corrected chi connectivity index (χ3v) is 0. The summed E-state index contributed by atoms with van der Waals surface area (Å²) < 4.78 is 0. The zero-order chi connectivity index (χ0) is 12.0. The van der Waals surface area contributed by atoms with Gasteiger partial charge in [-0.25, -0.2) is 0 Å². The van der Waals surface area contributed by atoms with Crippen molar-refractivity contribution in [2.45, 2.75) is 105 Å². The Morgan fingerprint density at radius 3 is 0.200 bits per heavy atom. The maximum atomic E-state index is 2.00. The first kappa shape index (κ1) is 81.7. The molecule has 0 atom stereocenters. The van der Waals surface area contributed by atoms with E-state index in [0.29, 0.717) is 0 Å². The van der Waals surface area contributed by atoms with Gasteiger partial charge in [0.15, 0.2) is 0 Å². The van der Waals surface area contributed by atoms with Gasteiger partial charge in [0.25, 0.3) is 0 Å². The fourth-order valence-electron chi connectivity index (χ4n) is 0. The van der Waals surface area contributed by atoms with E-state index in [1.54, 1.807) is 0 Å². The average Bonchev–Trinajstić information content (AvgIpc) is 2.33. The molecular weight excluding hydrogens is 180 g/mol. The summed E-state index contributed by atoms with van der Waals surface area (Å²) in [7, 11) is 0. The van der Waals surface area contributed by atoms with Gasteiger partial charge in [0.2, 0.25) is 0 Å². The average molecular weight is 229 g/mol. The Morgan fingerprint density at radius 1 is 0.200 bits per heavy atom. The van der Waals surface area contributed by atoms with Crippen LogP contribution in [0.4, 0.5) is 0 Å². The highest BCUT2D eigenvalue weighted by Gasteiger charge is 0.942. The van der Waals surface area contributed by atoms with Crippen LogP contribution in [0.15, 0.2) is 0 Å². The minimum atomic E-state index is 0. The minimum Gasteiger partial charge on any atom is -0.0776 e. The molecule has 0 heterocycles. The molecule has 0 aromatic heterocycles. The summed E-state index contributed by atoms with van der Waals surface area (Å²) in [5, 5.41) is 0. The van der Waals surface area contributed by atoms with Crippen molar-refractivity contribution in [2.24, 2.45) is 0 Å². The summed E-state index contributed by atoms with van der Waals surface area (Å²) in [5.74, 6) is 0. The molecule has 0 spiro atoms. The standard InChI is InChI=1S/6C2H6.3CH4/c6*1-2;;;/h6*1-2H3;3*1H4.